The van der Waals surface area contributed by atoms with Crippen LogP contribution in [-0.2, 0) is 17.9 Å². The van der Waals surface area contributed by atoms with Gasteiger partial charge in [0, 0.05) is 28.8 Å². The van der Waals surface area contributed by atoms with Crippen LogP contribution in [0.15, 0.2) is 53.2 Å². The summed E-state index contributed by atoms with van der Waals surface area (Å²) in [5.74, 6) is -2.46. The van der Waals surface area contributed by atoms with E-state index in [1.165, 1.54) is 0 Å². The second kappa shape index (κ2) is 9.57. The van der Waals surface area contributed by atoms with Gasteiger partial charge in [-0.25, -0.2) is 8.78 Å². The molecule has 3 aromatic rings. The number of carbonyl (C=O) groups excluding carboxylic acids is 2. The summed E-state index contributed by atoms with van der Waals surface area (Å²) in [6, 6.07) is 10.6. The fourth-order valence-corrected chi connectivity index (χ4v) is 4.06. The first-order chi connectivity index (χ1) is 13.5. The van der Waals surface area contributed by atoms with E-state index in [2.05, 4.69) is 5.32 Å². The maximum Gasteiger partial charge on any atom is 0.254 e. The fraction of sp³-hybridized carbons (Fsp3) is 0.200. The second-order valence-corrected chi connectivity index (χ2v) is 8.10. The molecule has 0 aliphatic rings. The van der Waals surface area contributed by atoms with Crippen molar-refractivity contribution in [1.29, 1.82) is 0 Å². The van der Waals surface area contributed by atoms with Crippen LogP contribution >= 0.6 is 22.7 Å². The molecule has 0 saturated carbocycles. The van der Waals surface area contributed by atoms with Gasteiger partial charge in [0.05, 0.1) is 18.7 Å². The summed E-state index contributed by atoms with van der Waals surface area (Å²) in [6.45, 7) is 1.06. The Balaban J connectivity index is 1.57. The number of hydrogen-bond acceptors (Lipinski definition) is 4. The number of halogens is 2. The minimum Gasteiger partial charge on any atom is -0.351 e. The monoisotopic (exact) mass is 420 g/mol. The first-order valence-corrected chi connectivity index (χ1v) is 10.3. The summed E-state index contributed by atoms with van der Waals surface area (Å²) in [4.78, 5) is 28.6. The topological polar surface area (TPSA) is 49.4 Å². The Bertz CT molecular complexity index is 892. The Kier molecular flexibility index (Phi) is 6.89. The van der Waals surface area contributed by atoms with Gasteiger partial charge >= 0.3 is 0 Å². The zero-order chi connectivity index (χ0) is 19.9. The molecule has 0 saturated heterocycles. The van der Waals surface area contributed by atoms with Crippen molar-refractivity contribution in [3.63, 3.8) is 0 Å². The highest BCUT2D eigenvalue weighted by Crippen LogP contribution is 2.18. The molecule has 8 heteroatoms. The lowest BCUT2D eigenvalue weighted by Gasteiger charge is -2.21. The van der Waals surface area contributed by atoms with Gasteiger partial charge in [0.25, 0.3) is 5.91 Å². The summed E-state index contributed by atoms with van der Waals surface area (Å²) in [7, 11) is 0. The molecule has 3 rings (SSSR count). The summed E-state index contributed by atoms with van der Waals surface area (Å²) < 4.78 is 26.6. The largest absolute Gasteiger partial charge is 0.351 e. The summed E-state index contributed by atoms with van der Waals surface area (Å²) in [5.41, 5.74) is -0.247. The lowest BCUT2D eigenvalue weighted by atomic mass is 10.2. The Hall–Kier alpha value is -2.58. The first-order valence-electron chi connectivity index (χ1n) is 8.58. The van der Waals surface area contributed by atoms with E-state index in [4.69, 9.17) is 0 Å². The molecule has 0 bridgehead atoms. The van der Waals surface area contributed by atoms with Gasteiger partial charge in [-0.3, -0.25) is 9.59 Å². The van der Waals surface area contributed by atoms with Gasteiger partial charge in [-0.2, -0.15) is 0 Å². The van der Waals surface area contributed by atoms with Crippen LogP contribution in [0.3, 0.4) is 0 Å². The van der Waals surface area contributed by atoms with Crippen molar-refractivity contribution in [2.75, 3.05) is 6.54 Å². The van der Waals surface area contributed by atoms with Gasteiger partial charge in [-0.1, -0.05) is 12.1 Å². The standard InChI is InChI=1S/C20H18F2N2O2S2/c21-14-5-6-17(18(22)11-14)20(26)23-8-7-19(25)24(12-15-3-1-9-27-15)13-16-4-2-10-28-16/h1-6,9-11H,7-8,12-13H2,(H,23,26). The van der Waals surface area contributed by atoms with E-state index in [0.717, 1.165) is 21.9 Å². The first kappa shape index (κ1) is 20.2. The number of thiophene rings is 2. The Morgan fingerprint density at radius 2 is 1.61 bits per heavy atom. The lowest BCUT2D eigenvalue weighted by Crippen LogP contribution is -2.33. The zero-order valence-electron chi connectivity index (χ0n) is 14.9. The Labute approximate surface area is 169 Å². The Morgan fingerprint density at radius 3 is 2.14 bits per heavy atom. The molecular weight excluding hydrogens is 402 g/mol. The van der Waals surface area contributed by atoms with E-state index in [9.17, 15) is 18.4 Å². The third-order valence-electron chi connectivity index (χ3n) is 4.01. The molecule has 0 aliphatic carbocycles. The number of nitrogens with one attached hydrogen (secondary N) is 1. The van der Waals surface area contributed by atoms with Gasteiger partial charge in [0.1, 0.15) is 11.6 Å². The molecule has 2 heterocycles. The molecule has 4 nitrogen and oxygen atoms in total. The quantitative estimate of drug-likeness (QED) is 0.586. The predicted octanol–water partition coefficient (Wildman–Crippen LogP) is 4.44. The summed E-state index contributed by atoms with van der Waals surface area (Å²) >= 11 is 3.16. The molecule has 2 amide bonds. The SMILES string of the molecule is O=C(NCCC(=O)N(Cc1cccs1)Cc1cccs1)c1ccc(F)cc1F. The number of benzene rings is 1. The van der Waals surface area contributed by atoms with E-state index in [0.29, 0.717) is 19.2 Å². The summed E-state index contributed by atoms with van der Waals surface area (Å²) in [5, 5.41) is 6.44. The van der Waals surface area contributed by atoms with Crippen LogP contribution in [0, 0.1) is 11.6 Å². The molecule has 0 radical (unpaired) electrons. The van der Waals surface area contributed by atoms with Crippen molar-refractivity contribution in [3.8, 4) is 0 Å². The molecule has 2 aromatic heterocycles. The summed E-state index contributed by atoms with van der Waals surface area (Å²) in [6.07, 6.45) is 0.0886. The number of amides is 2. The van der Waals surface area contributed by atoms with Crippen molar-refractivity contribution in [3.05, 3.63) is 80.2 Å². The number of hydrogen-bond donors (Lipinski definition) is 1. The fourth-order valence-electron chi connectivity index (χ4n) is 2.62. The Morgan fingerprint density at radius 1 is 0.964 bits per heavy atom. The third kappa shape index (κ3) is 5.46. The average Bonchev–Trinajstić information content (AvgIpc) is 3.35. The highest BCUT2D eigenvalue weighted by molar-refractivity contribution is 7.10. The molecule has 0 spiro atoms. The smallest absolute Gasteiger partial charge is 0.254 e. The molecule has 0 unspecified atom stereocenters. The van der Waals surface area contributed by atoms with Gasteiger partial charge < -0.3 is 10.2 Å². The van der Waals surface area contributed by atoms with E-state index >= 15 is 0 Å². The van der Waals surface area contributed by atoms with Crippen LogP contribution in [0.25, 0.3) is 0 Å². The van der Waals surface area contributed by atoms with Gasteiger partial charge in [-0.05, 0) is 35.0 Å². The predicted molar refractivity (Wildman–Crippen MR) is 106 cm³/mol. The van der Waals surface area contributed by atoms with Crippen LogP contribution in [-0.4, -0.2) is 23.3 Å². The number of nitrogens with zero attached hydrogens (tertiary/aromatic N) is 1. The van der Waals surface area contributed by atoms with Crippen LogP contribution in [0.1, 0.15) is 26.5 Å². The third-order valence-corrected chi connectivity index (χ3v) is 5.73. The van der Waals surface area contributed by atoms with E-state index in [1.54, 1.807) is 27.6 Å². The maximum atomic E-state index is 13.7. The van der Waals surface area contributed by atoms with Crippen molar-refractivity contribution in [1.82, 2.24) is 10.2 Å². The molecule has 28 heavy (non-hydrogen) atoms. The normalized spacial score (nSPS) is 10.6. The minimum atomic E-state index is -0.930. The van der Waals surface area contributed by atoms with Gasteiger partial charge in [0.15, 0.2) is 0 Å². The molecule has 146 valence electrons. The molecule has 0 aliphatic heterocycles. The van der Waals surface area contributed by atoms with Crippen LogP contribution in [0.2, 0.25) is 0 Å². The van der Waals surface area contributed by atoms with Crippen LogP contribution in [0.5, 0.6) is 0 Å². The highest BCUT2D eigenvalue weighted by atomic mass is 32.1. The second-order valence-electron chi connectivity index (χ2n) is 6.04. The molecular formula is C20H18F2N2O2S2. The number of rotatable bonds is 8. The van der Waals surface area contributed by atoms with Crippen LogP contribution < -0.4 is 5.32 Å². The van der Waals surface area contributed by atoms with Crippen molar-refractivity contribution in [2.24, 2.45) is 0 Å². The number of carbonyl (C=O) groups is 2. The minimum absolute atomic E-state index is 0.0693. The van der Waals surface area contributed by atoms with Crippen molar-refractivity contribution in [2.45, 2.75) is 19.5 Å². The zero-order valence-corrected chi connectivity index (χ0v) is 16.5. The van der Waals surface area contributed by atoms with Crippen molar-refractivity contribution >= 4 is 34.5 Å². The van der Waals surface area contributed by atoms with E-state index in [-0.39, 0.29) is 24.4 Å². The van der Waals surface area contributed by atoms with E-state index < -0.39 is 17.5 Å². The van der Waals surface area contributed by atoms with Gasteiger partial charge in [-0.15, -0.1) is 22.7 Å². The highest BCUT2D eigenvalue weighted by Gasteiger charge is 2.17. The van der Waals surface area contributed by atoms with E-state index in [1.807, 2.05) is 35.0 Å². The molecule has 1 aromatic carbocycles. The lowest BCUT2D eigenvalue weighted by molar-refractivity contribution is -0.132. The molecule has 0 atom stereocenters. The molecule has 1 N–H and O–H groups in total. The van der Waals surface area contributed by atoms with Crippen molar-refractivity contribution < 1.29 is 18.4 Å². The average molecular weight is 421 g/mol. The maximum absolute atomic E-state index is 13.7. The van der Waals surface area contributed by atoms with Crippen LogP contribution in [0.4, 0.5) is 8.78 Å². The molecule has 0 fully saturated rings. The van der Waals surface area contributed by atoms with Gasteiger partial charge in [0.2, 0.25) is 5.91 Å².